The van der Waals surface area contributed by atoms with Gasteiger partial charge in [-0.05, 0) is 58.0 Å². The van der Waals surface area contributed by atoms with Gasteiger partial charge in [0.15, 0.2) is 5.82 Å². The van der Waals surface area contributed by atoms with E-state index in [9.17, 15) is 4.79 Å². The highest BCUT2D eigenvalue weighted by molar-refractivity contribution is 6.32. The van der Waals surface area contributed by atoms with Gasteiger partial charge in [0, 0.05) is 40.3 Å². The number of aromatic nitrogens is 2. The van der Waals surface area contributed by atoms with Crippen molar-refractivity contribution in [3.8, 4) is 28.8 Å². The smallest absolute Gasteiger partial charge is 0.320 e. The molecule has 4 rings (SSSR count). The molecule has 1 aromatic heterocycles. The lowest BCUT2D eigenvalue weighted by Gasteiger charge is -2.24. The van der Waals surface area contributed by atoms with Gasteiger partial charge in [-0.2, -0.15) is 0 Å². The highest BCUT2D eigenvalue weighted by Crippen LogP contribution is 2.34. The second kappa shape index (κ2) is 11.6. The molecule has 0 aliphatic carbocycles. The molecule has 1 saturated heterocycles. The van der Waals surface area contributed by atoms with Crippen molar-refractivity contribution in [1.29, 1.82) is 0 Å². The minimum Gasteiger partial charge on any atom is -0.379 e. The summed E-state index contributed by atoms with van der Waals surface area (Å²) in [5, 5.41) is 11.7. The van der Waals surface area contributed by atoms with E-state index in [2.05, 4.69) is 27.4 Å². The first-order valence-corrected chi connectivity index (χ1v) is 12.9. The number of amides is 2. The van der Waals surface area contributed by atoms with E-state index in [0.29, 0.717) is 28.1 Å². The van der Waals surface area contributed by atoms with Crippen LogP contribution < -0.4 is 10.6 Å². The van der Waals surface area contributed by atoms with Crippen LogP contribution in [0.15, 0.2) is 42.5 Å². The van der Waals surface area contributed by atoms with Crippen molar-refractivity contribution in [1.82, 2.24) is 20.0 Å². The summed E-state index contributed by atoms with van der Waals surface area (Å²) < 4.78 is 7.13. The normalized spacial score (nSPS) is 14.1. The van der Waals surface area contributed by atoms with Gasteiger partial charge in [-0.3, -0.25) is 10.2 Å². The predicted octanol–water partition coefficient (Wildman–Crippen LogP) is 5.76. The molecule has 2 N–H and O–H groups in total. The van der Waals surface area contributed by atoms with Gasteiger partial charge in [0.2, 0.25) is 0 Å². The number of nitrogens with one attached hydrogen (secondary N) is 2. The zero-order chi connectivity index (χ0) is 26.6. The Morgan fingerprint density at radius 2 is 1.81 bits per heavy atom. The van der Waals surface area contributed by atoms with E-state index in [1.54, 1.807) is 4.68 Å². The maximum absolute atomic E-state index is 12.6. The van der Waals surface area contributed by atoms with Crippen molar-refractivity contribution < 1.29 is 9.53 Å². The molecule has 1 aliphatic rings. The van der Waals surface area contributed by atoms with Crippen molar-refractivity contribution in [3.63, 3.8) is 0 Å². The van der Waals surface area contributed by atoms with Gasteiger partial charge in [0.1, 0.15) is 0 Å². The molecule has 7 nitrogen and oxygen atoms in total. The number of nitrogens with zero attached hydrogens (tertiary/aromatic N) is 3. The average molecular weight is 540 g/mol. The summed E-state index contributed by atoms with van der Waals surface area (Å²) in [7, 11) is 0. The second-order valence-corrected chi connectivity index (χ2v) is 10.8. The quantitative estimate of drug-likeness (QED) is 0.413. The fraction of sp³-hybridized carbons (Fsp3) is 0.357. The molecule has 0 spiro atoms. The summed E-state index contributed by atoms with van der Waals surface area (Å²) in [6, 6.07) is 12.8. The van der Waals surface area contributed by atoms with Crippen LogP contribution >= 0.6 is 23.2 Å². The van der Waals surface area contributed by atoms with Crippen molar-refractivity contribution in [2.75, 3.05) is 38.2 Å². The number of carbonyl (C=O) groups excluding carboxylic acids is 1. The lowest BCUT2D eigenvalue weighted by Crippen LogP contribution is -2.43. The number of hydrogen-bond donors (Lipinski definition) is 2. The predicted molar refractivity (Wildman–Crippen MR) is 150 cm³/mol. The number of hydrogen-bond acceptors (Lipinski definition) is 4. The van der Waals surface area contributed by atoms with Crippen LogP contribution in [0.5, 0.6) is 0 Å². The van der Waals surface area contributed by atoms with Crippen molar-refractivity contribution in [3.05, 3.63) is 63.6 Å². The number of benzene rings is 2. The van der Waals surface area contributed by atoms with Gasteiger partial charge in [-0.25, -0.2) is 9.48 Å². The first-order chi connectivity index (χ1) is 17.6. The summed E-state index contributed by atoms with van der Waals surface area (Å²) >= 11 is 12.9. The van der Waals surface area contributed by atoms with Crippen LogP contribution in [0.1, 0.15) is 31.9 Å². The zero-order valence-electron chi connectivity index (χ0n) is 21.5. The van der Waals surface area contributed by atoms with E-state index < -0.39 is 0 Å². The Bertz CT molecular complexity index is 1330. The lowest BCUT2D eigenvalue weighted by molar-refractivity contribution is 0.0443. The maximum Gasteiger partial charge on any atom is 0.320 e. The highest BCUT2D eigenvalue weighted by atomic mass is 35.5. The van der Waals surface area contributed by atoms with Crippen LogP contribution in [0, 0.1) is 18.8 Å². The third kappa shape index (κ3) is 7.06. The molecule has 1 aliphatic heterocycles. The highest BCUT2D eigenvalue weighted by Gasteiger charge is 2.22. The van der Waals surface area contributed by atoms with Crippen LogP contribution in [-0.4, -0.2) is 59.1 Å². The van der Waals surface area contributed by atoms with Crippen LogP contribution in [-0.2, 0) is 4.74 Å². The minimum absolute atomic E-state index is 0.333. The van der Waals surface area contributed by atoms with Gasteiger partial charge >= 0.3 is 6.03 Å². The van der Waals surface area contributed by atoms with Crippen molar-refractivity contribution in [2.24, 2.45) is 0 Å². The number of carbonyl (C=O) groups is 1. The van der Waals surface area contributed by atoms with E-state index >= 15 is 0 Å². The number of ether oxygens (including phenoxy) is 1. The monoisotopic (exact) mass is 539 g/mol. The Kier molecular flexibility index (Phi) is 8.46. The standard InChI is InChI=1S/C28H31Cl2N5O2/c1-19-25(21-8-10-22(29)11-9-21)35(33-26(19)31-27(36)32-28(2,3)4)24-12-7-20(18-23(24)30)6-5-13-34-14-16-37-17-15-34/h7-12,18H,13-17H2,1-4H3,(H2,31,32,33,36). The number of urea groups is 1. The van der Waals surface area contributed by atoms with Crippen LogP contribution in [0.25, 0.3) is 16.9 Å². The van der Waals surface area contributed by atoms with Gasteiger partial charge in [-0.1, -0.05) is 47.2 Å². The van der Waals surface area contributed by atoms with Gasteiger partial charge in [-0.15, -0.1) is 5.10 Å². The molecule has 37 heavy (non-hydrogen) atoms. The molecule has 1 fully saturated rings. The molecule has 0 bridgehead atoms. The van der Waals surface area contributed by atoms with E-state index in [0.717, 1.165) is 48.7 Å². The molecule has 2 heterocycles. The molecule has 0 atom stereocenters. The third-order valence-corrected chi connectivity index (χ3v) is 6.33. The lowest BCUT2D eigenvalue weighted by atomic mass is 10.1. The Morgan fingerprint density at radius 1 is 1.11 bits per heavy atom. The SMILES string of the molecule is Cc1c(NC(=O)NC(C)(C)C)nn(-c2ccc(C#CCN3CCOCC3)cc2Cl)c1-c1ccc(Cl)cc1. The van der Waals surface area contributed by atoms with Gasteiger partial charge < -0.3 is 10.1 Å². The Hall–Kier alpha value is -3.02. The van der Waals surface area contributed by atoms with Crippen molar-refractivity contribution >= 4 is 35.1 Å². The third-order valence-electron chi connectivity index (χ3n) is 5.78. The van der Waals surface area contributed by atoms with E-state index in [1.165, 1.54) is 0 Å². The fourth-order valence-corrected chi connectivity index (χ4v) is 4.37. The molecular weight excluding hydrogens is 509 g/mol. The summed E-state index contributed by atoms with van der Waals surface area (Å²) in [5.74, 6) is 6.87. The van der Waals surface area contributed by atoms with E-state index in [1.807, 2.05) is 70.2 Å². The van der Waals surface area contributed by atoms with Crippen molar-refractivity contribution in [2.45, 2.75) is 33.2 Å². The van der Waals surface area contributed by atoms with Gasteiger partial charge in [0.25, 0.3) is 0 Å². The topological polar surface area (TPSA) is 71.4 Å². The fourth-order valence-electron chi connectivity index (χ4n) is 3.98. The summed E-state index contributed by atoms with van der Waals surface area (Å²) in [5.41, 5.74) is 3.61. The molecule has 2 aromatic carbocycles. The summed E-state index contributed by atoms with van der Waals surface area (Å²) in [4.78, 5) is 14.9. The molecule has 194 valence electrons. The Morgan fingerprint density at radius 3 is 2.46 bits per heavy atom. The molecule has 3 aromatic rings. The second-order valence-electron chi connectivity index (χ2n) is 9.93. The number of anilines is 1. The molecule has 0 radical (unpaired) electrons. The van der Waals surface area contributed by atoms with Gasteiger partial charge in [0.05, 0.1) is 36.2 Å². The summed E-state index contributed by atoms with van der Waals surface area (Å²) in [6.45, 7) is 11.6. The summed E-state index contributed by atoms with van der Waals surface area (Å²) in [6.07, 6.45) is 0. The molecular formula is C28H31Cl2N5O2. The number of morpholine rings is 1. The van der Waals surface area contributed by atoms with E-state index in [-0.39, 0.29) is 11.6 Å². The van der Waals surface area contributed by atoms with Crippen LogP contribution in [0.4, 0.5) is 10.6 Å². The molecule has 0 unspecified atom stereocenters. The number of rotatable bonds is 4. The van der Waals surface area contributed by atoms with E-state index in [4.69, 9.17) is 33.0 Å². The maximum atomic E-state index is 12.6. The molecule has 9 heteroatoms. The Labute approximate surface area is 228 Å². The molecule has 2 amide bonds. The number of halogens is 2. The Balaban J connectivity index is 1.67. The largest absolute Gasteiger partial charge is 0.379 e. The first-order valence-electron chi connectivity index (χ1n) is 12.1. The first kappa shape index (κ1) is 27.0. The zero-order valence-corrected chi connectivity index (χ0v) is 23.0. The van der Waals surface area contributed by atoms with Crippen LogP contribution in [0.2, 0.25) is 10.0 Å². The average Bonchev–Trinajstić information content (AvgIpc) is 3.14. The van der Waals surface area contributed by atoms with Crippen LogP contribution in [0.3, 0.4) is 0 Å². The molecule has 0 saturated carbocycles. The minimum atomic E-state index is -0.387.